The van der Waals surface area contributed by atoms with Crippen molar-refractivity contribution in [2.75, 3.05) is 54.1 Å². The molecule has 0 unspecified atom stereocenters. The summed E-state index contributed by atoms with van der Waals surface area (Å²) < 4.78 is 5.20. The molecule has 0 bridgehead atoms. The Bertz CT molecular complexity index is 1300. The Labute approximate surface area is 321 Å². The minimum Gasteiger partial charge on any atom is -0.378 e. The number of anilines is 3. The molecule has 3 aliphatic rings. The van der Waals surface area contributed by atoms with Crippen molar-refractivity contribution in [2.45, 2.75) is 155 Å². The molecule has 0 atom stereocenters. The first-order valence-corrected chi connectivity index (χ1v) is 19.9. The molecule has 2 aromatic rings. The summed E-state index contributed by atoms with van der Waals surface area (Å²) in [7, 11) is 0. The number of aromatic nitrogens is 6. The van der Waals surface area contributed by atoms with Crippen LogP contribution in [-0.4, -0.2) is 104 Å². The Morgan fingerprint density at radius 2 is 0.922 bits per heavy atom. The van der Waals surface area contributed by atoms with Gasteiger partial charge in [0.05, 0.1) is 13.2 Å². The van der Waals surface area contributed by atoms with Crippen LogP contribution in [0.2, 0.25) is 15.9 Å². The van der Waals surface area contributed by atoms with Crippen molar-refractivity contribution in [3.05, 3.63) is 15.9 Å². The predicted molar refractivity (Wildman–Crippen MR) is 211 cm³/mol. The first-order chi connectivity index (χ1) is 23.9. The lowest BCUT2D eigenvalue weighted by Crippen LogP contribution is -2.66. The van der Waals surface area contributed by atoms with E-state index >= 15 is 0 Å². The van der Waals surface area contributed by atoms with E-state index in [4.69, 9.17) is 54.5 Å². The maximum atomic E-state index is 6.65. The van der Waals surface area contributed by atoms with Crippen molar-refractivity contribution < 1.29 is 4.74 Å². The van der Waals surface area contributed by atoms with Gasteiger partial charge in [-0.25, -0.2) is 0 Å². The summed E-state index contributed by atoms with van der Waals surface area (Å²) in [6.45, 7) is 27.9. The van der Waals surface area contributed by atoms with E-state index in [1.807, 2.05) is 4.90 Å². The van der Waals surface area contributed by atoms with Gasteiger partial charge < -0.3 is 30.1 Å². The minimum absolute atomic E-state index is 0.117. The lowest BCUT2D eigenvalue weighted by Gasteiger charge is -2.56. The van der Waals surface area contributed by atoms with Gasteiger partial charge >= 0.3 is 0 Å². The van der Waals surface area contributed by atoms with Gasteiger partial charge in [-0.2, -0.15) is 29.9 Å². The first-order valence-electron chi connectivity index (χ1n) is 18.8. The van der Waals surface area contributed by atoms with Gasteiger partial charge in [0.15, 0.2) is 0 Å². The molecule has 51 heavy (non-hydrogen) atoms. The molecule has 3 aliphatic heterocycles. The normalized spacial score (nSPS) is 21.7. The van der Waals surface area contributed by atoms with Crippen LogP contribution >= 0.6 is 34.8 Å². The van der Waals surface area contributed by atoms with Crippen LogP contribution < -0.4 is 25.3 Å². The van der Waals surface area contributed by atoms with Crippen LogP contribution in [0.3, 0.4) is 0 Å². The molecule has 3 fully saturated rings. The second-order valence-electron chi connectivity index (χ2n) is 16.7. The van der Waals surface area contributed by atoms with Crippen molar-refractivity contribution >= 4 is 52.6 Å². The number of ether oxygens (including phenoxy) is 1. The summed E-state index contributed by atoms with van der Waals surface area (Å²) in [5.74, 6) is 1.89. The highest BCUT2D eigenvalue weighted by atomic mass is 35.5. The second kappa shape index (κ2) is 17.5. The highest BCUT2D eigenvalue weighted by molar-refractivity contribution is 6.31. The zero-order valence-corrected chi connectivity index (χ0v) is 34.9. The molecule has 0 saturated carbocycles. The fourth-order valence-electron chi connectivity index (χ4n) is 8.65. The Hall–Kier alpha value is -1.83. The number of nitrogens with one attached hydrogen (secondary N) is 2. The molecule has 2 N–H and O–H groups in total. The van der Waals surface area contributed by atoms with Gasteiger partial charge in [0.1, 0.15) is 0 Å². The van der Waals surface area contributed by atoms with Crippen LogP contribution in [-0.2, 0) is 4.74 Å². The molecule has 15 heteroatoms. The summed E-state index contributed by atoms with van der Waals surface area (Å²) in [5.41, 5.74) is -0.521. The molecule has 0 radical (unpaired) electrons. The third-order valence-corrected chi connectivity index (χ3v) is 10.7. The van der Waals surface area contributed by atoms with Gasteiger partial charge in [-0.05, 0) is 142 Å². The van der Waals surface area contributed by atoms with E-state index in [1.165, 1.54) is 25.7 Å². The summed E-state index contributed by atoms with van der Waals surface area (Å²) in [6.07, 6.45) is 8.98. The summed E-state index contributed by atoms with van der Waals surface area (Å²) in [5, 5.41) is 8.11. The number of nitrogens with zero attached hydrogens (tertiary/aromatic N) is 9. The van der Waals surface area contributed by atoms with Gasteiger partial charge in [-0.1, -0.05) is 26.7 Å². The smallest absolute Gasteiger partial charge is 0.232 e. The largest absolute Gasteiger partial charge is 0.378 e. The number of piperidine rings is 2. The van der Waals surface area contributed by atoms with Crippen LogP contribution in [0.25, 0.3) is 0 Å². The maximum absolute atomic E-state index is 6.65. The first kappa shape index (κ1) is 41.9. The van der Waals surface area contributed by atoms with Gasteiger partial charge in [0.25, 0.3) is 0 Å². The Kier molecular flexibility index (Phi) is 14.4. The molecular weight excluding hydrogens is 709 g/mol. The SMILES string of the molecule is CCCCNC1CC(C)(C)N(c2nc(Cl)nc(N3C(C)(C)CC(NCCCC)CC3(C)C)n2)C(C)(C)C1.Clc1nc(Cl)nc(N2CCOCC2)n1. The highest BCUT2D eigenvalue weighted by Gasteiger charge is 2.49. The average Bonchev–Trinajstić information content (AvgIpc) is 2.99. The standard InChI is InChI=1S/C29H54ClN7.C7H8Cl2N4O/c1-11-13-15-31-21-17-26(3,4)36(27(5,6)18-21)24-33-23(30)34-25(35-24)37-28(7,8)19-22(20-29(37,9)10)32-16-14-12-2;8-5-10-6(9)12-7(11-5)13-1-3-14-4-2-13/h21-22,31-32H,11-20H2,1-10H3;1-4H2. The van der Waals surface area contributed by atoms with Gasteiger partial charge in [-0.15, -0.1) is 0 Å². The number of rotatable bonds is 11. The molecule has 0 aliphatic carbocycles. The van der Waals surface area contributed by atoms with Crippen LogP contribution in [0.5, 0.6) is 0 Å². The topological polar surface area (TPSA) is 120 Å². The molecule has 12 nitrogen and oxygen atoms in total. The number of halogens is 3. The number of hydrogen-bond donors (Lipinski definition) is 2. The van der Waals surface area contributed by atoms with E-state index in [9.17, 15) is 0 Å². The van der Waals surface area contributed by atoms with Crippen molar-refractivity contribution in [1.82, 2.24) is 40.5 Å². The fraction of sp³-hybridized carbons (Fsp3) is 0.833. The Balaban J connectivity index is 0.000000345. The Morgan fingerprint density at radius 1 is 0.569 bits per heavy atom. The van der Waals surface area contributed by atoms with Gasteiger partial charge in [0.2, 0.25) is 33.7 Å². The maximum Gasteiger partial charge on any atom is 0.232 e. The van der Waals surface area contributed by atoms with Crippen LogP contribution in [0, 0.1) is 0 Å². The quantitative estimate of drug-likeness (QED) is 0.222. The monoisotopic (exact) mass is 769 g/mol. The molecule has 5 heterocycles. The predicted octanol–water partition coefficient (Wildman–Crippen LogP) is 7.37. The van der Waals surface area contributed by atoms with E-state index in [0.717, 1.165) is 51.9 Å². The van der Waals surface area contributed by atoms with Crippen LogP contribution in [0.15, 0.2) is 0 Å². The van der Waals surface area contributed by atoms with Crippen molar-refractivity contribution in [1.29, 1.82) is 0 Å². The number of morpholine rings is 1. The van der Waals surface area contributed by atoms with Crippen LogP contribution in [0.4, 0.5) is 17.8 Å². The number of unbranched alkanes of at least 4 members (excludes halogenated alkanes) is 2. The molecule has 288 valence electrons. The third kappa shape index (κ3) is 11.1. The molecular formula is C36H62Cl3N11O. The second-order valence-corrected chi connectivity index (χ2v) is 17.7. The van der Waals surface area contributed by atoms with Crippen LogP contribution in [0.1, 0.15) is 121 Å². The Morgan fingerprint density at radius 3 is 1.29 bits per heavy atom. The number of hydrogen-bond acceptors (Lipinski definition) is 12. The van der Waals surface area contributed by atoms with Crippen molar-refractivity contribution in [3.8, 4) is 0 Å². The van der Waals surface area contributed by atoms with E-state index in [2.05, 4.69) is 105 Å². The molecule has 2 aromatic heterocycles. The summed E-state index contributed by atoms with van der Waals surface area (Å²) in [4.78, 5) is 33.0. The highest BCUT2D eigenvalue weighted by Crippen LogP contribution is 2.44. The molecule has 3 saturated heterocycles. The molecule has 0 spiro atoms. The van der Waals surface area contributed by atoms with E-state index in [0.29, 0.717) is 43.1 Å². The van der Waals surface area contributed by atoms with E-state index in [-0.39, 0.29) is 38.0 Å². The average molecular weight is 771 g/mol. The summed E-state index contributed by atoms with van der Waals surface area (Å²) in [6, 6.07) is 0.948. The molecule has 0 amide bonds. The fourth-order valence-corrected chi connectivity index (χ4v) is 9.15. The van der Waals surface area contributed by atoms with Crippen molar-refractivity contribution in [2.24, 2.45) is 0 Å². The van der Waals surface area contributed by atoms with Crippen molar-refractivity contribution in [3.63, 3.8) is 0 Å². The zero-order chi connectivity index (χ0) is 37.6. The van der Waals surface area contributed by atoms with Gasteiger partial charge in [0, 0.05) is 47.3 Å². The lowest BCUT2D eigenvalue weighted by molar-refractivity contribution is 0.122. The third-order valence-electron chi connectivity index (χ3n) is 10.2. The minimum atomic E-state index is -0.130. The lowest BCUT2D eigenvalue weighted by atomic mass is 9.77. The molecule has 5 rings (SSSR count). The van der Waals surface area contributed by atoms with E-state index in [1.54, 1.807) is 0 Å². The zero-order valence-electron chi connectivity index (χ0n) is 32.6. The summed E-state index contributed by atoms with van der Waals surface area (Å²) >= 11 is 18.0. The van der Waals surface area contributed by atoms with E-state index < -0.39 is 0 Å². The molecule has 0 aromatic carbocycles. The van der Waals surface area contributed by atoms with Gasteiger partial charge in [-0.3, -0.25) is 0 Å².